The topological polar surface area (TPSA) is 91.3 Å². The second kappa shape index (κ2) is 6.23. The highest BCUT2D eigenvalue weighted by Crippen LogP contribution is 2.36. The highest BCUT2D eigenvalue weighted by molar-refractivity contribution is 9.10. The van der Waals surface area contributed by atoms with Crippen molar-refractivity contribution in [1.29, 1.82) is 0 Å². The monoisotopic (exact) mass is 375 g/mol. The molecule has 21 heavy (non-hydrogen) atoms. The van der Waals surface area contributed by atoms with E-state index in [0.717, 1.165) is 12.1 Å². The maximum absolute atomic E-state index is 13.2. The van der Waals surface area contributed by atoms with E-state index in [1.165, 1.54) is 12.1 Å². The molecule has 0 saturated heterocycles. The van der Waals surface area contributed by atoms with E-state index in [9.17, 15) is 14.5 Å². The fourth-order valence-corrected chi connectivity index (χ4v) is 2.26. The normalized spacial score (nSPS) is 10.4. The number of pyridine rings is 1. The average molecular weight is 377 g/mol. The highest BCUT2D eigenvalue weighted by atomic mass is 79.9. The Bertz CT molecular complexity index is 714. The van der Waals surface area contributed by atoms with E-state index in [2.05, 4.69) is 20.9 Å². The van der Waals surface area contributed by atoms with Crippen LogP contribution in [0.25, 0.3) is 0 Å². The minimum Gasteiger partial charge on any atom is -0.479 e. The molecule has 6 nitrogen and oxygen atoms in total. The lowest BCUT2D eigenvalue weighted by atomic mass is 10.3. The van der Waals surface area contributed by atoms with Gasteiger partial charge in [-0.05, 0) is 34.1 Å². The van der Waals surface area contributed by atoms with E-state index in [1.807, 2.05) is 0 Å². The van der Waals surface area contributed by atoms with Crippen LogP contribution in [0.3, 0.4) is 0 Å². The Kier molecular flexibility index (Phi) is 4.59. The molecule has 9 heteroatoms. The summed E-state index contributed by atoms with van der Waals surface area (Å²) in [5.41, 5.74) is 5.36. The van der Waals surface area contributed by atoms with E-state index >= 15 is 0 Å². The van der Waals surface area contributed by atoms with Crippen molar-refractivity contribution in [1.82, 2.24) is 4.98 Å². The maximum Gasteiger partial charge on any atom is 0.315 e. The van der Waals surface area contributed by atoms with Crippen LogP contribution in [0, 0.1) is 15.9 Å². The molecule has 1 aromatic carbocycles. The number of rotatable bonds is 4. The van der Waals surface area contributed by atoms with Crippen molar-refractivity contribution in [3.8, 4) is 5.75 Å². The molecule has 110 valence electrons. The smallest absolute Gasteiger partial charge is 0.315 e. The molecular formula is C12H8BrClFN3O3. The van der Waals surface area contributed by atoms with Gasteiger partial charge in [0.25, 0.3) is 0 Å². The number of nitro benzene ring substituents is 1. The van der Waals surface area contributed by atoms with Gasteiger partial charge in [0.05, 0.1) is 26.2 Å². The van der Waals surface area contributed by atoms with Crippen LogP contribution in [0.2, 0.25) is 5.02 Å². The second-order valence-electron chi connectivity index (χ2n) is 3.95. The van der Waals surface area contributed by atoms with Gasteiger partial charge in [0.15, 0.2) is 0 Å². The van der Waals surface area contributed by atoms with E-state index in [4.69, 9.17) is 22.1 Å². The molecule has 1 heterocycles. The lowest BCUT2D eigenvalue weighted by Crippen LogP contribution is -2.04. The summed E-state index contributed by atoms with van der Waals surface area (Å²) >= 11 is 8.95. The van der Waals surface area contributed by atoms with E-state index in [0.29, 0.717) is 10.7 Å². The van der Waals surface area contributed by atoms with Crippen molar-refractivity contribution in [3.05, 3.63) is 55.4 Å². The lowest BCUT2D eigenvalue weighted by Gasteiger charge is -2.10. The van der Waals surface area contributed by atoms with Gasteiger partial charge in [0, 0.05) is 0 Å². The number of hydrogen-bond donors (Lipinski definition) is 1. The first-order valence-corrected chi connectivity index (χ1v) is 6.72. The molecule has 1 aromatic heterocycles. The molecule has 0 aliphatic carbocycles. The molecule has 0 spiro atoms. The summed E-state index contributed by atoms with van der Waals surface area (Å²) in [6, 6.07) is 4.89. The Morgan fingerprint density at radius 1 is 1.48 bits per heavy atom. The fourth-order valence-electron chi connectivity index (χ4n) is 1.57. The lowest BCUT2D eigenvalue weighted by molar-refractivity contribution is -0.386. The summed E-state index contributed by atoms with van der Waals surface area (Å²) in [7, 11) is 0. The molecule has 2 aromatic rings. The van der Waals surface area contributed by atoms with Crippen LogP contribution in [0.15, 0.2) is 28.7 Å². The van der Waals surface area contributed by atoms with Crippen LogP contribution in [0.1, 0.15) is 5.69 Å². The third-order valence-corrected chi connectivity index (χ3v) is 3.41. The van der Waals surface area contributed by atoms with Crippen LogP contribution in [-0.2, 0) is 6.61 Å². The molecule has 2 rings (SSSR count). The summed E-state index contributed by atoms with van der Waals surface area (Å²) in [5, 5.41) is 11.2. The van der Waals surface area contributed by atoms with Crippen LogP contribution in [0.5, 0.6) is 5.75 Å². The van der Waals surface area contributed by atoms with E-state index in [1.54, 1.807) is 0 Å². The number of nitrogens with zero attached hydrogens (tertiary/aromatic N) is 2. The molecule has 0 aliphatic rings. The third-order valence-electron chi connectivity index (χ3n) is 2.48. The van der Waals surface area contributed by atoms with Crippen molar-refractivity contribution in [2.75, 3.05) is 5.73 Å². The summed E-state index contributed by atoms with van der Waals surface area (Å²) < 4.78 is 18.7. The van der Waals surface area contributed by atoms with Crippen LogP contribution in [0.4, 0.5) is 15.9 Å². The first-order chi connectivity index (χ1) is 9.88. The van der Waals surface area contributed by atoms with Crippen molar-refractivity contribution in [3.63, 3.8) is 0 Å². The number of halogens is 3. The molecule has 0 atom stereocenters. The molecule has 2 N–H and O–H groups in total. The van der Waals surface area contributed by atoms with Gasteiger partial charge in [0.2, 0.25) is 5.75 Å². The first kappa shape index (κ1) is 15.5. The molecule has 0 fully saturated rings. The minimum absolute atomic E-state index is 0.110. The number of nitro groups is 1. The molecule has 0 bridgehead atoms. The highest BCUT2D eigenvalue weighted by Gasteiger charge is 2.21. The fraction of sp³-hybridized carbons (Fsp3) is 0.0833. The summed E-state index contributed by atoms with van der Waals surface area (Å²) in [6.07, 6.45) is 0. The predicted molar refractivity (Wildman–Crippen MR) is 78.7 cm³/mol. The predicted octanol–water partition coefficient (Wildman–Crippen LogP) is 3.71. The van der Waals surface area contributed by atoms with E-state index in [-0.39, 0.29) is 22.6 Å². The van der Waals surface area contributed by atoms with Gasteiger partial charge in [-0.15, -0.1) is 0 Å². The number of ether oxygens (including phenoxy) is 1. The number of nitrogen functional groups attached to an aromatic ring is 1. The molecule has 0 unspecified atom stereocenters. The van der Waals surface area contributed by atoms with Crippen molar-refractivity contribution < 1.29 is 14.1 Å². The molecule has 0 amide bonds. The van der Waals surface area contributed by atoms with Crippen molar-refractivity contribution in [2.45, 2.75) is 6.61 Å². The van der Waals surface area contributed by atoms with Gasteiger partial charge in [-0.25, -0.2) is 9.37 Å². The number of aromatic nitrogens is 1. The van der Waals surface area contributed by atoms with Crippen molar-refractivity contribution in [2.24, 2.45) is 0 Å². The minimum atomic E-state index is -0.749. The Hall–Kier alpha value is -1.93. The summed E-state index contributed by atoms with van der Waals surface area (Å²) in [6.45, 7) is -0.144. The Labute approximate surface area is 132 Å². The summed E-state index contributed by atoms with van der Waals surface area (Å²) in [4.78, 5) is 14.2. The molecule has 0 saturated carbocycles. The number of hydrogen-bond acceptors (Lipinski definition) is 5. The van der Waals surface area contributed by atoms with E-state index < -0.39 is 16.4 Å². The SMILES string of the molecule is Nc1ccc(Cl)c(COc2c(Br)cc(F)cc2[N+](=O)[O-])n1. The number of nitrogens with two attached hydrogens (primary N) is 1. The quantitative estimate of drug-likeness (QED) is 0.649. The van der Waals surface area contributed by atoms with Gasteiger partial charge in [0.1, 0.15) is 18.2 Å². The van der Waals surface area contributed by atoms with Crippen LogP contribution >= 0.6 is 27.5 Å². The molecule has 0 radical (unpaired) electrons. The summed E-state index contributed by atoms with van der Waals surface area (Å²) in [5.74, 6) is -0.617. The number of benzene rings is 1. The maximum atomic E-state index is 13.2. The van der Waals surface area contributed by atoms with Gasteiger partial charge < -0.3 is 10.5 Å². The number of anilines is 1. The Balaban J connectivity index is 2.32. The first-order valence-electron chi connectivity index (χ1n) is 5.55. The second-order valence-corrected chi connectivity index (χ2v) is 5.21. The largest absolute Gasteiger partial charge is 0.479 e. The Morgan fingerprint density at radius 2 is 2.19 bits per heavy atom. The Morgan fingerprint density at radius 3 is 2.86 bits per heavy atom. The average Bonchev–Trinajstić information content (AvgIpc) is 2.40. The third kappa shape index (κ3) is 3.59. The van der Waals surface area contributed by atoms with Gasteiger partial charge in [-0.3, -0.25) is 10.1 Å². The zero-order chi connectivity index (χ0) is 15.6. The zero-order valence-corrected chi connectivity index (χ0v) is 12.7. The van der Waals surface area contributed by atoms with Gasteiger partial charge in [-0.2, -0.15) is 0 Å². The van der Waals surface area contributed by atoms with Gasteiger partial charge >= 0.3 is 5.69 Å². The van der Waals surface area contributed by atoms with Crippen LogP contribution < -0.4 is 10.5 Å². The van der Waals surface area contributed by atoms with Gasteiger partial charge in [-0.1, -0.05) is 11.6 Å². The zero-order valence-electron chi connectivity index (χ0n) is 10.3. The van der Waals surface area contributed by atoms with Crippen molar-refractivity contribution >= 4 is 39.0 Å². The molecular weight excluding hydrogens is 369 g/mol. The molecule has 0 aliphatic heterocycles. The standard InChI is InChI=1S/C12H8BrClFN3O3/c13-7-3-6(15)4-10(18(19)20)12(7)21-5-9-8(14)1-2-11(16)17-9/h1-4H,5H2,(H2,16,17). The van der Waals surface area contributed by atoms with Crippen LogP contribution in [-0.4, -0.2) is 9.91 Å².